The number of hydrogen-bond acceptors (Lipinski definition) is 4. The molecule has 0 radical (unpaired) electrons. The summed E-state index contributed by atoms with van der Waals surface area (Å²) in [6, 6.07) is 0. The lowest BCUT2D eigenvalue weighted by molar-refractivity contribution is -0.0863. The Bertz CT molecular complexity index is 124. The normalized spacial score (nSPS) is 18.0. The van der Waals surface area contributed by atoms with Gasteiger partial charge in [0.2, 0.25) is 0 Å². The number of ether oxygens (including phenoxy) is 1. The Morgan fingerprint density at radius 2 is 1.87 bits per heavy atom. The van der Waals surface area contributed by atoms with Crippen LogP contribution in [-0.2, 0) is 4.74 Å². The molecular formula is C8H22Cl2N2O3. The average molecular weight is 265 g/mol. The minimum atomic E-state index is -0.0999. The number of rotatable bonds is 4. The summed E-state index contributed by atoms with van der Waals surface area (Å²) < 4.78 is 5.38. The number of aliphatic hydroxyl groups is 1. The van der Waals surface area contributed by atoms with E-state index >= 15 is 0 Å². The number of piperazine rings is 1. The van der Waals surface area contributed by atoms with Crippen molar-refractivity contribution >= 4 is 24.8 Å². The maximum absolute atomic E-state index is 9.02. The van der Waals surface area contributed by atoms with E-state index in [0.29, 0.717) is 6.61 Å². The number of aliphatic hydroxyl groups excluding tert-OH is 1. The van der Waals surface area contributed by atoms with E-state index in [1.807, 2.05) is 6.92 Å². The quantitative estimate of drug-likeness (QED) is 0.702. The predicted molar refractivity (Wildman–Crippen MR) is 65.1 cm³/mol. The highest BCUT2D eigenvalue weighted by molar-refractivity contribution is 5.85. The smallest absolute Gasteiger partial charge is 0.134 e. The van der Waals surface area contributed by atoms with E-state index < -0.39 is 0 Å². The molecule has 0 aromatic heterocycles. The fraction of sp³-hybridized carbons (Fsp3) is 1.00. The number of halogens is 2. The van der Waals surface area contributed by atoms with Gasteiger partial charge in [-0.2, -0.15) is 0 Å². The zero-order valence-corrected chi connectivity index (χ0v) is 10.6. The second-order valence-electron chi connectivity index (χ2n) is 2.88. The van der Waals surface area contributed by atoms with Gasteiger partial charge in [-0.25, -0.2) is 0 Å². The van der Waals surface area contributed by atoms with Gasteiger partial charge in [-0.1, -0.05) is 0 Å². The van der Waals surface area contributed by atoms with Crippen LogP contribution in [0.4, 0.5) is 0 Å². The molecule has 1 aliphatic heterocycles. The van der Waals surface area contributed by atoms with Gasteiger partial charge in [-0.05, 0) is 6.92 Å². The van der Waals surface area contributed by atoms with E-state index in [2.05, 4.69) is 10.2 Å². The second-order valence-corrected chi connectivity index (χ2v) is 2.88. The van der Waals surface area contributed by atoms with Gasteiger partial charge >= 0.3 is 0 Å². The average Bonchev–Trinajstić information content (AvgIpc) is 2.15. The van der Waals surface area contributed by atoms with Crippen molar-refractivity contribution in [1.29, 1.82) is 0 Å². The summed E-state index contributed by atoms with van der Waals surface area (Å²) >= 11 is 0. The van der Waals surface area contributed by atoms with Crippen LogP contribution in [0.15, 0.2) is 0 Å². The van der Waals surface area contributed by atoms with Crippen LogP contribution >= 0.6 is 24.8 Å². The summed E-state index contributed by atoms with van der Waals surface area (Å²) in [4.78, 5) is 2.17. The molecule has 1 saturated heterocycles. The van der Waals surface area contributed by atoms with Crippen LogP contribution in [0, 0.1) is 0 Å². The Morgan fingerprint density at radius 1 is 1.33 bits per heavy atom. The van der Waals surface area contributed by atoms with Crippen molar-refractivity contribution in [2.75, 3.05) is 39.4 Å². The van der Waals surface area contributed by atoms with Gasteiger partial charge in [-0.15, -0.1) is 24.8 Å². The zero-order valence-electron chi connectivity index (χ0n) is 8.94. The molecule has 0 saturated carbocycles. The highest BCUT2D eigenvalue weighted by Crippen LogP contribution is 2.02. The van der Waals surface area contributed by atoms with Crippen molar-refractivity contribution in [3.05, 3.63) is 0 Å². The molecule has 0 spiro atoms. The maximum Gasteiger partial charge on any atom is 0.134 e. The van der Waals surface area contributed by atoms with Crippen LogP contribution in [0.1, 0.15) is 6.92 Å². The first-order valence-electron chi connectivity index (χ1n) is 4.55. The molecule has 1 atom stereocenters. The van der Waals surface area contributed by atoms with Crippen molar-refractivity contribution in [1.82, 2.24) is 10.2 Å². The molecule has 5 nitrogen and oxygen atoms in total. The third kappa shape index (κ3) is 7.30. The van der Waals surface area contributed by atoms with Crippen molar-refractivity contribution in [2.24, 2.45) is 0 Å². The van der Waals surface area contributed by atoms with Gasteiger partial charge in [0, 0.05) is 32.8 Å². The summed E-state index contributed by atoms with van der Waals surface area (Å²) in [5.74, 6) is 0. The number of nitrogens with one attached hydrogen (secondary N) is 1. The van der Waals surface area contributed by atoms with Crippen molar-refractivity contribution in [2.45, 2.75) is 13.2 Å². The summed E-state index contributed by atoms with van der Waals surface area (Å²) in [6.07, 6.45) is -0.0999. The van der Waals surface area contributed by atoms with Crippen LogP contribution < -0.4 is 5.32 Å². The molecule has 1 rings (SSSR count). The topological polar surface area (TPSA) is 76.2 Å². The molecule has 0 amide bonds. The van der Waals surface area contributed by atoms with Gasteiger partial charge in [0.15, 0.2) is 0 Å². The highest BCUT2D eigenvalue weighted by atomic mass is 35.5. The van der Waals surface area contributed by atoms with E-state index in [1.165, 1.54) is 0 Å². The minimum absolute atomic E-state index is 0. The molecule has 0 aromatic rings. The summed E-state index contributed by atoms with van der Waals surface area (Å²) in [6.45, 7) is 6.61. The first-order chi connectivity index (χ1) is 5.88. The van der Waals surface area contributed by atoms with Crippen LogP contribution in [0.2, 0.25) is 0 Å². The second kappa shape index (κ2) is 12.4. The summed E-state index contributed by atoms with van der Waals surface area (Å²) in [5.41, 5.74) is 0. The van der Waals surface area contributed by atoms with Crippen LogP contribution in [0.5, 0.6) is 0 Å². The van der Waals surface area contributed by atoms with Crippen molar-refractivity contribution in [3.63, 3.8) is 0 Å². The van der Waals surface area contributed by atoms with Gasteiger partial charge in [0.05, 0.1) is 6.61 Å². The van der Waals surface area contributed by atoms with E-state index in [0.717, 1.165) is 26.2 Å². The standard InChI is InChI=1S/C8H18N2O2.2ClH.H2O/c1-2-12-8(7-11)10-5-3-9-4-6-10;;;/h8-9,11H,2-7H2,1H3;2*1H;1H2. The van der Waals surface area contributed by atoms with Crippen molar-refractivity contribution in [3.8, 4) is 0 Å². The highest BCUT2D eigenvalue weighted by Gasteiger charge is 2.19. The lowest BCUT2D eigenvalue weighted by Gasteiger charge is -2.33. The SMILES string of the molecule is CCOC(CO)N1CCNCC1.Cl.Cl.O. The van der Waals surface area contributed by atoms with E-state index in [4.69, 9.17) is 9.84 Å². The fourth-order valence-corrected chi connectivity index (χ4v) is 1.44. The molecule has 1 heterocycles. The Morgan fingerprint density at radius 3 is 2.27 bits per heavy atom. The lowest BCUT2D eigenvalue weighted by atomic mass is 10.3. The molecule has 15 heavy (non-hydrogen) atoms. The first-order valence-corrected chi connectivity index (χ1v) is 4.55. The maximum atomic E-state index is 9.02. The Kier molecular flexibility index (Phi) is 17.2. The molecule has 4 N–H and O–H groups in total. The zero-order chi connectivity index (χ0) is 8.81. The largest absolute Gasteiger partial charge is 0.412 e. The van der Waals surface area contributed by atoms with Crippen molar-refractivity contribution < 1.29 is 15.3 Å². The Hall–Kier alpha value is 0.380. The number of nitrogens with zero attached hydrogens (tertiary/aromatic N) is 1. The van der Waals surface area contributed by atoms with Crippen LogP contribution in [0.3, 0.4) is 0 Å². The number of hydrogen-bond donors (Lipinski definition) is 2. The molecule has 0 aromatic carbocycles. The Labute approximate surface area is 103 Å². The van der Waals surface area contributed by atoms with E-state index in [1.54, 1.807) is 0 Å². The molecule has 1 unspecified atom stereocenters. The molecule has 0 bridgehead atoms. The van der Waals surface area contributed by atoms with Gasteiger partial charge in [0.25, 0.3) is 0 Å². The molecule has 1 aliphatic rings. The van der Waals surface area contributed by atoms with Gasteiger partial charge < -0.3 is 20.6 Å². The predicted octanol–water partition coefficient (Wildman–Crippen LogP) is -0.735. The van der Waals surface area contributed by atoms with Gasteiger partial charge in [-0.3, -0.25) is 4.90 Å². The van der Waals surface area contributed by atoms with E-state index in [-0.39, 0.29) is 43.1 Å². The molecular weight excluding hydrogens is 243 g/mol. The minimum Gasteiger partial charge on any atom is -0.412 e. The molecule has 0 aliphatic carbocycles. The first kappa shape index (κ1) is 20.8. The van der Waals surface area contributed by atoms with Gasteiger partial charge in [0.1, 0.15) is 6.23 Å². The van der Waals surface area contributed by atoms with E-state index in [9.17, 15) is 0 Å². The summed E-state index contributed by atoms with van der Waals surface area (Å²) in [5, 5.41) is 12.3. The molecule has 96 valence electrons. The third-order valence-electron chi connectivity index (χ3n) is 2.07. The third-order valence-corrected chi connectivity index (χ3v) is 2.07. The Balaban J connectivity index is -0.000000480. The monoisotopic (exact) mass is 264 g/mol. The van der Waals surface area contributed by atoms with Crippen LogP contribution in [-0.4, -0.2) is 61.1 Å². The van der Waals surface area contributed by atoms with Crippen LogP contribution in [0.25, 0.3) is 0 Å². The molecule has 7 heteroatoms. The fourth-order valence-electron chi connectivity index (χ4n) is 1.44. The summed E-state index contributed by atoms with van der Waals surface area (Å²) in [7, 11) is 0. The molecule has 1 fully saturated rings. The lowest BCUT2D eigenvalue weighted by Crippen LogP contribution is -2.50.